The smallest absolute Gasteiger partial charge is 0.128 e. The predicted molar refractivity (Wildman–Crippen MR) is 85.0 cm³/mol. The van der Waals surface area contributed by atoms with Crippen molar-refractivity contribution in [3.8, 4) is 22.7 Å². The van der Waals surface area contributed by atoms with E-state index in [2.05, 4.69) is 5.10 Å². The highest BCUT2D eigenvalue weighted by molar-refractivity contribution is 6.30. The molecule has 1 aromatic heterocycles. The van der Waals surface area contributed by atoms with E-state index in [0.29, 0.717) is 10.8 Å². The number of anilines is 1. The van der Waals surface area contributed by atoms with Crippen molar-refractivity contribution in [1.82, 2.24) is 9.78 Å². The third-order valence-corrected chi connectivity index (χ3v) is 3.44. The number of rotatable bonds is 3. The lowest BCUT2D eigenvalue weighted by molar-refractivity contribution is 0.416. The molecule has 0 unspecified atom stereocenters. The molecule has 106 valence electrons. The lowest BCUT2D eigenvalue weighted by Gasteiger charge is -2.05. The minimum Gasteiger partial charge on any atom is -0.496 e. The molecule has 0 fully saturated rings. The molecular weight excluding hydrogens is 286 g/mol. The monoisotopic (exact) mass is 299 g/mol. The van der Waals surface area contributed by atoms with Crippen LogP contribution in [0.1, 0.15) is 0 Å². The Balaban J connectivity index is 2.07. The summed E-state index contributed by atoms with van der Waals surface area (Å²) in [5.74, 6) is 1.32. The molecule has 2 aromatic carbocycles. The molecule has 4 nitrogen and oxygen atoms in total. The number of ether oxygens (including phenoxy) is 1. The average Bonchev–Trinajstić information content (AvgIpc) is 2.90. The predicted octanol–water partition coefficient (Wildman–Crippen LogP) is 3.78. The van der Waals surface area contributed by atoms with Gasteiger partial charge in [-0.1, -0.05) is 23.7 Å². The van der Waals surface area contributed by atoms with Crippen LogP contribution in [0.25, 0.3) is 16.9 Å². The summed E-state index contributed by atoms with van der Waals surface area (Å²) in [5, 5.41) is 5.23. The Morgan fingerprint density at radius 1 is 1.10 bits per heavy atom. The van der Waals surface area contributed by atoms with Crippen LogP contribution >= 0.6 is 11.6 Å². The number of benzene rings is 2. The van der Waals surface area contributed by atoms with Crippen molar-refractivity contribution >= 4 is 17.4 Å². The van der Waals surface area contributed by atoms with Gasteiger partial charge in [-0.2, -0.15) is 5.10 Å². The molecular formula is C16H14ClN3O. The van der Waals surface area contributed by atoms with Crippen molar-refractivity contribution in [3.63, 3.8) is 0 Å². The molecule has 0 aliphatic rings. The van der Waals surface area contributed by atoms with Crippen LogP contribution in [0.5, 0.6) is 5.75 Å². The van der Waals surface area contributed by atoms with Crippen LogP contribution in [-0.2, 0) is 0 Å². The highest BCUT2D eigenvalue weighted by Crippen LogP contribution is 2.30. The lowest BCUT2D eigenvalue weighted by Crippen LogP contribution is -2.01. The second-order valence-electron chi connectivity index (χ2n) is 4.54. The number of hydrogen-bond donors (Lipinski definition) is 1. The van der Waals surface area contributed by atoms with Gasteiger partial charge in [-0.3, -0.25) is 0 Å². The number of nitrogen functional groups attached to an aromatic ring is 1. The maximum absolute atomic E-state index is 6.07. The summed E-state index contributed by atoms with van der Waals surface area (Å²) in [7, 11) is 1.64. The number of methoxy groups -OCH3 is 1. The first-order valence-electron chi connectivity index (χ1n) is 6.44. The number of aromatic nitrogens is 2. The first-order valence-corrected chi connectivity index (χ1v) is 6.81. The average molecular weight is 300 g/mol. The standard InChI is InChI=1S/C16H14ClN3O/c1-21-15-5-3-2-4-13(15)14-10-16(18)20(19-14)12-8-6-11(17)7-9-12/h2-10H,18H2,1H3. The van der Waals surface area contributed by atoms with Gasteiger partial charge in [-0.05, 0) is 36.4 Å². The summed E-state index contributed by atoms with van der Waals surface area (Å²) in [6.45, 7) is 0. The van der Waals surface area contributed by atoms with Crippen LogP contribution in [0.2, 0.25) is 5.02 Å². The minimum atomic E-state index is 0.554. The number of hydrogen-bond acceptors (Lipinski definition) is 3. The fraction of sp³-hybridized carbons (Fsp3) is 0.0625. The molecule has 0 saturated heterocycles. The van der Waals surface area contributed by atoms with Gasteiger partial charge in [-0.25, -0.2) is 4.68 Å². The van der Waals surface area contributed by atoms with Crippen molar-refractivity contribution in [2.24, 2.45) is 0 Å². The summed E-state index contributed by atoms with van der Waals surface area (Å²) in [4.78, 5) is 0. The Labute approximate surface area is 127 Å². The van der Waals surface area contributed by atoms with Gasteiger partial charge in [0, 0.05) is 16.7 Å². The third kappa shape index (κ3) is 2.58. The van der Waals surface area contributed by atoms with Crippen molar-refractivity contribution < 1.29 is 4.74 Å². The molecule has 0 aliphatic heterocycles. The van der Waals surface area contributed by atoms with Crippen LogP contribution in [-0.4, -0.2) is 16.9 Å². The van der Waals surface area contributed by atoms with E-state index in [0.717, 1.165) is 22.7 Å². The Hall–Kier alpha value is -2.46. The van der Waals surface area contributed by atoms with E-state index in [4.69, 9.17) is 22.1 Å². The topological polar surface area (TPSA) is 53.1 Å². The fourth-order valence-electron chi connectivity index (χ4n) is 2.17. The van der Waals surface area contributed by atoms with Gasteiger partial charge >= 0.3 is 0 Å². The number of para-hydroxylation sites is 1. The highest BCUT2D eigenvalue weighted by atomic mass is 35.5. The van der Waals surface area contributed by atoms with Gasteiger partial charge < -0.3 is 10.5 Å². The van der Waals surface area contributed by atoms with Crippen LogP contribution < -0.4 is 10.5 Å². The summed E-state index contributed by atoms with van der Waals surface area (Å²) >= 11 is 5.90. The van der Waals surface area contributed by atoms with Crippen molar-refractivity contribution in [3.05, 3.63) is 59.6 Å². The van der Waals surface area contributed by atoms with E-state index in [9.17, 15) is 0 Å². The Morgan fingerprint density at radius 3 is 2.52 bits per heavy atom. The zero-order valence-corrected chi connectivity index (χ0v) is 12.2. The molecule has 0 bridgehead atoms. The van der Waals surface area contributed by atoms with Crippen LogP contribution in [0.4, 0.5) is 5.82 Å². The van der Waals surface area contributed by atoms with E-state index in [1.807, 2.05) is 42.5 Å². The molecule has 3 rings (SSSR count). The highest BCUT2D eigenvalue weighted by Gasteiger charge is 2.12. The second kappa shape index (κ2) is 5.50. The normalized spacial score (nSPS) is 10.6. The van der Waals surface area contributed by atoms with Gasteiger partial charge in [0.25, 0.3) is 0 Å². The number of halogens is 1. The molecule has 0 aliphatic carbocycles. The lowest BCUT2D eigenvalue weighted by atomic mass is 10.1. The molecule has 0 radical (unpaired) electrons. The fourth-order valence-corrected chi connectivity index (χ4v) is 2.30. The Bertz CT molecular complexity index is 765. The Morgan fingerprint density at radius 2 is 1.81 bits per heavy atom. The van der Waals surface area contributed by atoms with Gasteiger partial charge in [0.15, 0.2) is 0 Å². The van der Waals surface area contributed by atoms with E-state index in [-0.39, 0.29) is 0 Å². The molecule has 5 heteroatoms. The summed E-state index contributed by atoms with van der Waals surface area (Å²) < 4.78 is 7.04. The van der Waals surface area contributed by atoms with Gasteiger partial charge in [-0.15, -0.1) is 0 Å². The van der Waals surface area contributed by atoms with E-state index < -0.39 is 0 Å². The maximum Gasteiger partial charge on any atom is 0.128 e. The molecule has 0 saturated carbocycles. The quantitative estimate of drug-likeness (QED) is 0.800. The summed E-state index contributed by atoms with van der Waals surface area (Å²) in [5.41, 5.74) is 8.59. The third-order valence-electron chi connectivity index (χ3n) is 3.19. The molecule has 0 spiro atoms. The maximum atomic E-state index is 6.07. The molecule has 21 heavy (non-hydrogen) atoms. The molecule has 1 heterocycles. The molecule has 2 N–H and O–H groups in total. The zero-order chi connectivity index (χ0) is 14.8. The van der Waals surface area contributed by atoms with E-state index in [1.54, 1.807) is 23.9 Å². The Kier molecular flexibility index (Phi) is 3.54. The van der Waals surface area contributed by atoms with Crippen molar-refractivity contribution in [2.75, 3.05) is 12.8 Å². The van der Waals surface area contributed by atoms with Gasteiger partial charge in [0.05, 0.1) is 18.5 Å². The SMILES string of the molecule is COc1ccccc1-c1cc(N)n(-c2ccc(Cl)cc2)n1. The van der Waals surface area contributed by atoms with Crippen LogP contribution in [0, 0.1) is 0 Å². The summed E-state index contributed by atoms with van der Waals surface area (Å²) in [6, 6.07) is 16.9. The number of nitrogens with zero attached hydrogens (tertiary/aromatic N) is 2. The minimum absolute atomic E-state index is 0.554. The van der Waals surface area contributed by atoms with Crippen LogP contribution in [0.15, 0.2) is 54.6 Å². The van der Waals surface area contributed by atoms with Crippen molar-refractivity contribution in [1.29, 1.82) is 0 Å². The largest absolute Gasteiger partial charge is 0.496 e. The first-order chi connectivity index (χ1) is 10.2. The summed E-state index contributed by atoms with van der Waals surface area (Å²) in [6.07, 6.45) is 0. The molecule has 0 amide bonds. The number of nitrogens with two attached hydrogens (primary N) is 1. The molecule has 0 atom stereocenters. The van der Waals surface area contributed by atoms with E-state index in [1.165, 1.54) is 0 Å². The first kappa shape index (κ1) is 13.5. The second-order valence-corrected chi connectivity index (χ2v) is 4.98. The van der Waals surface area contributed by atoms with Gasteiger partial charge in [0.1, 0.15) is 11.6 Å². The van der Waals surface area contributed by atoms with E-state index >= 15 is 0 Å². The van der Waals surface area contributed by atoms with Gasteiger partial charge in [0.2, 0.25) is 0 Å². The zero-order valence-electron chi connectivity index (χ0n) is 11.5. The molecule has 3 aromatic rings. The van der Waals surface area contributed by atoms with Crippen LogP contribution in [0.3, 0.4) is 0 Å². The van der Waals surface area contributed by atoms with Crippen molar-refractivity contribution in [2.45, 2.75) is 0 Å².